The number of rotatable bonds is 17. The molecule has 3 aromatic rings. The fourth-order valence-corrected chi connectivity index (χ4v) is 5.15. The summed E-state index contributed by atoms with van der Waals surface area (Å²) in [6.45, 7) is 2.54. The van der Waals surface area contributed by atoms with Crippen LogP contribution in [0.2, 0.25) is 0 Å². The largest absolute Gasteiger partial charge is 0.463 e. The van der Waals surface area contributed by atoms with Gasteiger partial charge in [0.05, 0.1) is 12.7 Å². The molecule has 1 fully saturated rings. The first kappa shape index (κ1) is 35.4. The maximum atomic E-state index is 13.0. The zero-order chi connectivity index (χ0) is 33.3. The van der Waals surface area contributed by atoms with E-state index in [1.807, 2.05) is 91.0 Å². The van der Waals surface area contributed by atoms with Crippen molar-refractivity contribution in [3.8, 4) is 0 Å². The highest BCUT2D eigenvalue weighted by atomic mass is 16.7. The minimum atomic E-state index is -1.24. The summed E-state index contributed by atoms with van der Waals surface area (Å²) in [4.78, 5) is 29.2. The highest BCUT2D eigenvalue weighted by Gasteiger charge is 2.46. The molecule has 1 saturated heterocycles. The molecule has 0 radical (unpaired) electrons. The van der Waals surface area contributed by atoms with Gasteiger partial charge >= 0.3 is 12.1 Å². The van der Waals surface area contributed by atoms with Crippen molar-refractivity contribution in [2.45, 2.75) is 76.6 Å². The Hall–Kier alpha value is -4.45. The summed E-state index contributed by atoms with van der Waals surface area (Å²) in [6.07, 6.45) is -2.57. The van der Waals surface area contributed by atoms with Crippen LogP contribution in [0.25, 0.3) is 10.4 Å². The van der Waals surface area contributed by atoms with Crippen LogP contribution >= 0.6 is 0 Å². The van der Waals surface area contributed by atoms with Gasteiger partial charge in [-0.25, -0.2) is 4.79 Å². The number of amides is 1. The van der Waals surface area contributed by atoms with Crippen LogP contribution < -0.4 is 0 Å². The summed E-state index contributed by atoms with van der Waals surface area (Å²) < 4.78 is 28.7. The van der Waals surface area contributed by atoms with Crippen molar-refractivity contribution < 1.29 is 38.4 Å². The highest BCUT2D eigenvalue weighted by Crippen LogP contribution is 2.28. The van der Waals surface area contributed by atoms with Crippen LogP contribution in [0.3, 0.4) is 0 Å². The standard InChI is InChI=1S/C35H42N4O8/c1-26(40)44-25-30-32(41)33(45-23-28-16-8-3-9-17-28)31(37-38-36)34(47-30)43-21-13-5-12-20-39(22-27-14-6-2-7-15-27)35(42)46-24-29-18-10-4-11-19-29/h2-4,6-11,14-19,30-34,41H,5,12-13,20-25H2,1H3/t30-,31-,32-,33-,34+/m1/s1. The van der Waals surface area contributed by atoms with Crippen molar-refractivity contribution in [3.63, 3.8) is 0 Å². The van der Waals surface area contributed by atoms with Crippen LogP contribution in [-0.2, 0) is 48.2 Å². The molecule has 4 rings (SSSR count). The first-order chi connectivity index (χ1) is 22.9. The molecule has 1 heterocycles. The average Bonchev–Trinajstić information content (AvgIpc) is 3.09. The van der Waals surface area contributed by atoms with Gasteiger partial charge in [-0.05, 0) is 41.5 Å². The van der Waals surface area contributed by atoms with Gasteiger partial charge in [-0.2, -0.15) is 0 Å². The number of ether oxygens (including phenoxy) is 5. The van der Waals surface area contributed by atoms with Crippen molar-refractivity contribution in [1.82, 2.24) is 4.90 Å². The Morgan fingerprint density at radius 1 is 0.851 bits per heavy atom. The molecule has 1 aliphatic rings. The molecule has 12 nitrogen and oxygen atoms in total. The Balaban J connectivity index is 1.32. The Morgan fingerprint density at radius 3 is 2.09 bits per heavy atom. The van der Waals surface area contributed by atoms with Gasteiger partial charge in [0.1, 0.15) is 31.5 Å². The number of esters is 1. The number of unbranched alkanes of at least 4 members (excludes halogenated alkanes) is 2. The van der Waals surface area contributed by atoms with Crippen molar-refractivity contribution in [2.75, 3.05) is 19.8 Å². The second kappa shape index (κ2) is 19.3. The van der Waals surface area contributed by atoms with E-state index in [4.69, 9.17) is 23.7 Å². The van der Waals surface area contributed by atoms with E-state index in [0.717, 1.165) is 23.1 Å². The van der Waals surface area contributed by atoms with E-state index in [9.17, 15) is 20.2 Å². The molecule has 0 unspecified atom stereocenters. The second-order valence-corrected chi connectivity index (χ2v) is 11.2. The predicted octanol–water partition coefficient (Wildman–Crippen LogP) is 5.93. The topological polar surface area (TPSA) is 153 Å². The van der Waals surface area contributed by atoms with Crippen LogP contribution in [0.15, 0.2) is 96.1 Å². The van der Waals surface area contributed by atoms with Gasteiger partial charge in [-0.1, -0.05) is 96.1 Å². The molecule has 0 spiro atoms. The van der Waals surface area contributed by atoms with Crippen LogP contribution in [0.4, 0.5) is 4.79 Å². The van der Waals surface area contributed by atoms with E-state index < -0.39 is 36.6 Å². The first-order valence-electron chi connectivity index (χ1n) is 15.7. The lowest BCUT2D eigenvalue weighted by molar-refractivity contribution is -0.275. The van der Waals surface area contributed by atoms with Crippen molar-refractivity contribution in [2.24, 2.45) is 5.11 Å². The fourth-order valence-electron chi connectivity index (χ4n) is 5.15. The molecule has 1 aliphatic heterocycles. The molecule has 3 aromatic carbocycles. The third kappa shape index (κ3) is 11.7. The number of aliphatic hydroxyl groups excluding tert-OH is 1. The molecule has 1 amide bonds. The van der Waals surface area contributed by atoms with Crippen molar-refractivity contribution in [1.29, 1.82) is 0 Å². The smallest absolute Gasteiger partial charge is 0.410 e. The fraction of sp³-hybridized carbons (Fsp3) is 0.429. The Kier molecular flexibility index (Phi) is 14.5. The zero-order valence-electron chi connectivity index (χ0n) is 26.5. The monoisotopic (exact) mass is 646 g/mol. The summed E-state index contributed by atoms with van der Waals surface area (Å²) >= 11 is 0. The number of hydrogen-bond acceptors (Lipinski definition) is 9. The Bertz CT molecular complexity index is 1410. The van der Waals surface area contributed by atoms with E-state index >= 15 is 0 Å². The zero-order valence-corrected chi connectivity index (χ0v) is 26.5. The van der Waals surface area contributed by atoms with Crippen LogP contribution in [0, 0.1) is 0 Å². The number of azide groups is 1. The van der Waals surface area contributed by atoms with Crippen LogP contribution in [0.1, 0.15) is 42.9 Å². The van der Waals surface area contributed by atoms with E-state index in [2.05, 4.69) is 10.0 Å². The van der Waals surface area contributed by atoms with Gasteiger partial charge in [0.15, 0.2) is 6.29 Å². The first-order valence-corrected chi connectivity index (χ1v) is 15.7. The minimum absolute atomic E-state index is 0.153. The summed E-state index contributed by atoms with van der Waals surface area (Å²) in [5.41, 5.74) is 12.1. The molecule has 0 aliphatic carbocycles. The van der Waals surface area contributed by atoms with Crippen molar-refractivity contribution >= 4 is 12.1 Å². The molecule has 1 N–H and O–H groups in total. The number of nitrogens with zero attached hydrogens (tertiary/aromatic N) is 4. The lowest BCUT2D eigenvalue weighted by Gasteiger charge is -2.42. The number of carbonyl (C=O) groups is 2. The molecule has 0 aromatic heterocycles. The summed E-state index contributed by atoms with van der Waals surface area (Å²) in [5, 5.41) is 14.9. The van der Waals surface area contributed by atoms with E-state index in [1.54, 1.807) is 4.90 Å². The van der Waals surface area contributed by atoms with Crippen molar-refractivity contribution in [3.05, 3.63) is 118 Å². The van der Waals surface area contributed by atoms with E-state index in [-0.39, 0.29) is 32.5 Å². The van der Waals surface area contributed by atoms with Gasteiger partial charge in [0, 0.05) is 31.5 Å². The summed E-state index contributed by atoms with van der Waals surface area (Å²) in [7, 11) is 0. The highest BCUT2D eigenvalue weighted by molar-refractivity contribution is 5.67. The average molecular weight is 647 g/mol. The molecular formula is C35H42N4O8. The molecule has 47 heavy (non-hydrogen) atoms. The van der Waals surface area contributed by atoms with Gasteiger partial charge < -0.3 is 33.7 Å². The number of hydrogen-bond donors (Lipinski definition) is 1. The normalized spacial score (nSPS) is 20.5. The molecule has 5 atom stereocenters. The quantitative estimate of drug-likeness (QED) is 0.0623. The lowest BCUT2D eigenvalue weighted by atomic mass is 9.97. The van der Waals surface area contributed by atoms with Gasteiger partial charge in [-0.3, -0.25) is 4.79 Å². The van der Waals surface area contributed by atoms with Gasteiger partial charge in [-0.15, -0.1) is 0 Å². The predicted molar refractivity (Wildman–Crippen MR) is 173 cm³/mol. The summed E-state index contributed by atoms with van der Waals surface area (Å²) in [6, 6.07) is 27.7. The molecule has 0 saturated carbocycles. The maximum Gasteiger partial charge on any atom is 0.410 e. The summed E-state index contributed by atoms with van der Waals surface area (Å²) in [5.74, 6) is -0.526. The number of benzene rings is 3. The molecule has 250 valence electrons. The van der Waals surface area contributed by atoms with Crippen LogP contribution in [0.5, 0.6) is 0 Å². The SMILES string of the molecule is CC(=O)OC[C@H]1O[C@H](OCCCCCN(Cc2ccccc2)C(=O)OCc2ccccc2)[C@H](N=[N+]=[N-])[C@@H](OCc2ccccc2)[C@@H]1O. The number of carbonyl (C=O) groups excluding carboxylic acids is 2. The van der Waals surface area contributed by atoms with Gasteiger partial charge in [0.2, 0.25) is 0 Å². The third-order valence-electron chi connectivity index (χ3n) is 7.60. The van der Waals surface area contributed by atoms with E-state index in [0.29, 0.717) is 25.9 Å². The van der Waals surface area contributed by atoms with Crippen LogP contribution in [-0.4, -0.2) is 72.5 Å². The Labute approximate surface area is 274 Å². The minimum Gasteiger partial charge on any atom is -0.463 e. The molecule has 0 bridgehead atoms. The molecular weight excluding hydrogens is 604 g/mol. The Morgan fingerprint density at radius 2 is 1.47 bits per heavy atom. The molecule has 12 heteroatoms. The number of aliphatic hydroxyl groups is 1. The van der Waals surface area contributed by atoms with E-state index in [1.165, 1.54) is 6.92 Å². The lowest BCUT2D eigenvalue weighted by Crippen LogP contribution is -2.59. The second-order valence-electron chi connectivity index (χ2n) is 11.2. The van der Waals surface area contributed by atoms with Gasteiger partial charge in [0.25, 0.3) is 0 Å². The maximum absolute atomic E-state index is 13.0. The third-order valence-corrected chi connectivity index (χ3v) is 7.60.